The molecule has 0 saturated carbocycles. The van der Waals surface area contributed by atoms with Crippen molar-refractivity contribution in [2.75, 3.05) is 0 Å². The number of hydrogen-bond acceptors (Lipinski definition) is 7. The molecule has 0 aliphatic rings. The van der Waals surface area contributed by atoms with Gasteiger partial charge in [0.05, 0.1) is 32.1 Å². The number of halogens is 4. The number of alkyl halides is 3. The van der Waals surface area contributed by atoms with Gasteiger partial charge in [0.15, 0.2) is 5.82 Å². The van der Waals surface area contributed by atoms with E-state index < -0.39 is 22.2 Å². The number of ether oxygens (including phenoxy) is 1. The highest BCUT2D eigenvalue weighted by Gasteiger charge is 2.31. The van der Waals surface area contributed by atoms with Gasteiger partial charge in [-0.2, -0.15) is 22.9 Å². The number of aromatic nitrogens is 3. The average molecular weight is 610 g/mol. The lowest BCUT2D eigenvalue weighted by Gasteiger charge is -2.12. The normalized spacial score (nSPS) is 11.7. The topological polar surface area (TPSA) is 113 Å². The van der Waals surface area contributed by atoms with Crippen LogP contribution in [0.5, 0.6) is 11.6 Å². The van der Waals surface area contributed by atoms with Gasteiger partial charge in [-0.15, -0.1) is 0 Å². The fourth-order valence-corrected chi connectivity index (χ4v) is 4.19. The number of para-hydroxylation sites is 1. The van der Waals surface area contributed by atoms with Crippen molar-refractivity contribution in [1.29, 1.82) is 0 Å². The van der Waals surface area contributed by atoms with Crippen LogP contribution in [0.25, 0.3) is 22.3 Å². The predicted molar refractivity (Wildman–Crippen MR) is 145 cm³/mol. The van der Waals surface area contributed by atoms with E-state index in [0.29, 0.717) is 21.3 Å². The molecule has 0 N–H and O–H groups in total. The molecule has 0 saturated heterocycles. The molecule has 0 spiro atoms. The quantitative estimate of drug-likeness (QED) is 0.119. The van der Waals surface area contributed by atoms with Crippen molar-refractivity contribution in [1.82, 2.24) is 14.6 Å². The Morgan fingerprint density at radius 2 is 1.82 bits per heavy atom. The van der Waals surface area contributed by atoms with Crippen LogP contribution in [0.2, 0.25) is 0 Å². The third kappa shape index (κ3) is 5.59. The predicted octanol–water partition coefficient (Wildman–Crippen LogP) is 6.82. The van der Waals surface area contributed by atoms with Crippen molar-refractivity contribution in [3.8, 4) is 23.0 Å². The van der Waals surface area contributed by atoms with Crippen molar-refractivity contribution >= 4 is 38.7 Å². The maximum absolute atomic E-state index is 13.4. The Balaban J connectivity index is 1.51. The van der Waals surface area contributed by atoms with E-state index in [1.165, 1.54) is 30.5 Å². The second kappa shape index (κ2) is 10.7. The Morgan fingerprint density at radius 1 is 1.02 bits per heavy atom. The Morgan fingerprint density at radius 3 is 2.52 bits per heavy atom. The van der Waals surface area contributed by atoms with Crippen LogP contribution in [-0.4, -0.2) is 25.8 Å². The van der Waals surface area contributed by atoms with Gasteiger partial charge in [0.2, 0.25) is 5.88 Å². The average Bonchev–Trinajstić information content (AvgIpc) is 2.94. The first kappa shape index (κ1) is 26.7. The fraction of sp³-hybridized carbons (Fsp3) is 0.0370. The number of hydrogen-bond donors (Lipinski definition) is 0. The first-order chi connectivity index (χ1) is 19.1. The highest BCUT2D eigenvalue weighted by molar-refractivity contribution is 9.10. The molecule has 3 aromatic carbocycles. The Hall–Kier alpha value is -4.91. The molecule has 0 aliphatic heterocycles. The first-order valence-corrected chi connectivity index (χ1v) is 12.2. The zero-order chi connectivity index (χ0) is 28.4. The summed E-state index contributed by atoms with van der Waals surface area (Å²) in [7, 11) is 0. The van der Waals surface area contributed by atoms with Gasteiger partial charge in [0, 0.05) is 17.7 Å². The number of nitro groups is 1. The molecule has 2 heterocycles. The minimum atomic E-state index is -4.58. The standard InChI is InChI=1S/C27H15BrF3N5O4/c28-21-12-16(8-10-23(21)40-24-11-9-19(15-32-24)36(38)39)14-33-35-25(17-4-3-5-18(13-17)27(29,30)31)34-22-7-2-1-6-20(22)26(35)37/h1-15H. The summed E-state index contributed by atoms with van der Waals surface area (Å²) in [6, 6.07) is 18.4. The molecule has 0 unspecified atom stereocenters. The summed E-state index contributed by atoms with van der Waals surface area (Å²) >= 11 is 3.38. The maximum atomic E-state index is 13.4. The van der Waals surface area contributed by atoms with Crippen LogP contribution in [-0.2, 0) is 6.18 Å². The summed E-state index contributed by atoms with van der Waals surface area (Å²) < 4.78 is 47.2. The molecule has 5 rings (SSSR count). The fourth-order valence-electron chi connectivity index (χ4n) is 3.71. The first-order valence-electron chi connectivity index (χ1n) is 11.4. The maximum Gasteiger partial charge on any atom is 0.416 e. The number of benzene rings is 3. The van der Waals surface area contributed by atoms with Crippen molar-refractivity contribution in [3.05, 3.63) is 121 Å². The lowest BCUT2D eigenvalue weighted by Crippen LogP contribution is -2.20. The van der Waals surface area contributed by atoms with E-state index >= 15 is 0 Å². The molecule has 5 aromatic rings. The SMILES string of the molecule is O=c1c2ccccc2nc(-c2cccc(C(F)(F)F)c2)n1N=Cc1ccc(Oc2ccc([N+](=O)[O-])cn2)c(Br)c1. The number of fused-ring (bicyclic) bond motifs is 1. The van der Waals surface area contributed by atoms with Gasteiger partial charge in [0.1, 0.15) is 11.9 Å². The third-order valence-electron chi connectivity index (χ3n) is 5.63. The Kier molecular flexibility index (Phi) is 7.13. The largest absolute Gasteiger partial charge is 0.438 e. The number of rotatable bonds is 6. The van der Waals surface area contributed by atoms with E-state index in [2.05, 4.69) is 31.0 Å². The zero-order valence-electron chi connectivity index (χ0n) is 20.0. The number of pyridine rings is 1. The Labute approximate surface area is 231 Å². The number of nitrogens with zero attached hydrogens (tertiary/aromatic N) is 5. The van der Waals surface area contributed by atoms with Crippen molar-refractivity contribution < 1.29 is 22.8 Å². The zero-order valence-corrected chi connectivity index (χ0v) is 21.6. The minimum Gasteiger partial charge on any atom is -0.438 e. The smallest absolute Gasteiger partial charge is 0.416 e. The van der Waals surface area contributed by atoms with E-state index in [1.54, 1.807) is 42.5 Å². The molecule has 2 aromatic heterocycles. The second-order valence-corrected chi connectivity index (χ2v) is 9.15. The molecule has 9 nitrogen and oxygen atoms in total. The van der Waals surface area contributed by atoms with Crippen LogP contribution < -0.4 is 10.3 Å². The molecule has 0 aliphatic carbocycles. The highest BCUT2D eigenvalue weighted by Crippen LogP contribution is 2.32. The molecule has 0 bridgehead atoms. The molecule has 0 atom stereocenters. The lowest BCUT2D eigenvalue weighted by molar-refractivity contribution is -0.385. The minimum absolute atomic E-state index is 0.0608. The second-order valence-electron chi connectivity index (χ2n) is 8.30. The molecular formula is C27H15BrF3N5O4. The molecular weight excluding hydrogens is 595 g/mol. The van der Waals surface area contributed by atoms with Gasteiger partial charge in [-0.25, -0.2) is 9.97 Å². The van der Waals surface area contributed by atoms with E-state index in [9.17, 15) is 28.1 Å². The lowest BCUT2D eigenvalue weighted by atomic mass is 10.1. The van der Waals surface area contributed by atoms with E-state index in [-0.39, 0.29) is 28.3 Å². The van der Waals surface area contributed by atoms with Gasteiger partial charge >= 0.3 is 6.18 Å². The molecule has 40 heavy (non-hydrogen) atoms. The molecule has 13 heteroatoms. The highest BCUT2D eigenvalue weighted by atomic mass is 79.9. The van der Waals surface area contributed by atoms with E-state index in [0.717, 1.165) is 23.0 Å². The molecule has 0 amide bonds. The van der Waals surface area contributed by atoms with Crippen molar-refractivity contribution in [2.45, 2.75) is 6.18 Å². The molecule has 0 fully saturated rings. The van der Waals surface area contributed by atoms with Gasteiger partial charge in [-0.3, -0.25) is 14.9 Å². The van der Waals surface area contributed by atoms with Crippen LogP contribution in [0.15, 0.2) is 99.4 Å². The van der Waals surface area contributed by atoms with Gasteiger partial charge < -0.3 is 4.74 Å². The summed E-state index contributed by atoms with van der Waals surface area (Å²) in [6.45, 7) is 0. The molecule has 200 valence electrons. The van der Waals surface area contributed by atoms with Crippen LogP contribution >= 0.6 is 15.9 Å². The summed E-state index contributed by atoms with van der Waals surface area (Å²) in [4.78, 5) is 31.9. The summed E-state index contributed by atoms with van der Waals surface area (Å²) in [5.74, 6) is 0.425. The van der Waals surface area contributed by atoms with E-state index in [4.69, 9.17) is 4.74 Å². The van der Waals surface area contributed by atoms with E-state index in [1.807, 2.05) is 0 Å². The van der Waals surface area contributed by atoms with Crippen LogP contribution in [0.3, 0.4) is 0 Å². The van der Waals surface area contributed by atoms with Gasteiger partial charge in [-0.05, 0) is 64.0 Å². The van der Waals surface area contributed by atoms with Gasteiger partial charge in [-0.1, -0.05) is 24.3 Å². The van der Waals surface area contributed by atoms with Gasteiger partial charge in [0.25, 0.3) is 11.2 Å². The summed E-state index contributed by atoms with van der Waals surface area (Å²) in [5.41, 5.74) is -0.722. The monoisotopic (exact) mass is 609 g/mol. The van der Waals surface area contributed by atoms with Crippen LogP contribution in [0.1, 0.15) is 11.1 Å². The molecule has 0 radical (unpaired) electrons. The summed E-state index contributed by atoms with van der Waals surface area (Å²) in [5, 5.41) is 15.3. The summed E-state index contributed by atoms with van der Waals surface area (Å²) in [6.07, 6.45) is -2.16. The Bertz CT molecular complexity index is 1840. The third-order valence-corrected chi connectivity index (χ3v) is 6.25. The van der Waals surface area contributed by atoms with Crippen LogP contribution in [0, 0.1) is 10.1 Å². The van der Waals surface area contributed by atoms with Crippen molar-refractivity contribution in [2.24, 2.45) is 5.10 Å². The van der Waals surface area contributed by atoms with Crippen LogP contribution in [0.4, 0.5) is 18.9 Å². The van der Waals surface area contributed by atoms with Crippen molar-refractivity contribution in [3.63, 3.8) is 0 Å².